The predicted octanol–water partition coefficient (Wildman–Crippen LogP) is 4.77. The van der Waals surface area contributed by atoms with Gasteiger partial charge >= 0.3 is 6.03 Å². The molecule has 0 bridgehead atoms. The number of amides is 3. The summed E-state index contributed by atoms with van der Waals surface area (Å²) in [7, 11) is 0. The number of carbonyl (C=O) groups excluding carboxylic acids is 2. The zero-order valence-electron chi connectivity index (χ0n) is 19.8. The zero-order chi connectivity index (χ0) is 24.6. The highest BCUT2D eigenvalue weighted by atomic mass is 19.1. The summed E-state index contributed by atoms with van der Waals surface area (Å²) in [4.78, 5) is 31.8. The lowest BCUT2D eigenvalue weighted by molar-refractivity contribution is -0.132. The molecule has 182 valence electrons. The quantitative estimate of drug-likeness (QED) is 0.411. The molecule has 2 saturated heterocycles. The molecule has 0 spiro atoms. The summed E-state index contributed by atoms with van der Waals surface area (Å²) in [5.74, 6) is -0.396. The molecule has 2 aliphatic rings. The molecule has 3 amide bonds. The normalized spacial score (nSPS) is 18.0. The molecule has 1 aromatic heterocycles. The molecule has 3 heterocycles. The van der Waals surface area contributed by atoms with Crippen LogP contribution in [-0.4, -0.2) is 57.7 Å². The maximum Gasteiger partial charge on any atom is 0.325 e. The number of para-hydroxylation sites is 1. The topological polar surface area (TPSA) is 61.7 Å². The highest BCUT2D eigenvalue weighted by molar-refractivity contribution is 6.04. The summed E-state index contributed by atoms with van der Waals surface area (Å²) < 4.78 is 16.0. The van der Waals surface area contributed by atoms with Crippen molar-refractivity contribution in [3.8, 4) is 5.69 Å². The van der Waals surface area contributed by atoms with Gasteiger partial charge in [0.05, 0.1) is 23.4 Å². The van der Waals surface area contributed by atoms with Crippen LogP contribution in [-0.2, 0) is 4.79 Å². The van der Waals surface area contributed by atoms with E-state index in [1.807, 2.05) is 41.3 Å². The molecule has 1 unspecified atom stereocenters. The molecular formula is C28H26FN5O2. The van der Waals surface area contributed by atoms with Crippen molar-refractivity contribution in [1.82, 2.24) is 19.6 Å². The number of anilines is 1. The first-order chi connectivity index (χ1) is 17.6. The van der Waals surface area contributed by atoms with Crippen LogP contribution in [0.4, 0.5) is 14.9 Å². The smallest absolute Gasteiger partial charge is 0.325 e. The van der Waals surface area contributed by atoms with E-state index in [-0.39, 0.29) is 30.3 Å². The third-order valence-corrected chi connectivity index (χ3v) is 7.14. The fourth-order valence-electron chi connectivity index (χ4n) is 5.38. The summed E-state index contributed by atoms with van der Waals surface area (Å²) in [6, 6.07) is 22.0. The maximum atomic E-state index is 14.4. The molecule has 0 aliphatic carbocycles. The lowest BCUT2D eigenvalue weighted by Crippen LogP contribution is -2.42. The van der Waals surface area contributed by atoms with Gasteiger partial charge in [0.15, 0.2) is 0 Å². The molecule has 0 N–H and O–H groups in total. The zero-order valence-corrected chi connectivity index (χ0v) is 19.8. The number of carbonyl (C=O) groups is 2. The van der Waals surface area contributed by atoms with E-state index in [9.17, 15) is 14.0 Å². The van der Waals surface area contributed by atoms with Crippen molar-refractivity contribution >= 4 is 28.5 Å². The van der Waals surface area contributed by atoms with Crippen LogP contribution in [0.3, 0.4) is 0 Å². The van der Waals surface area contributed by atoms with Gasteiger partial charge < -0.3 is 9.80 Å². The Morgan fingerprint density at radius 3 is 2.53 bits per heavy atom. The number of nitrogens with zero attached hydrogens (tertiary/aromatic N) is 5. The van der Waals surface area contributed by atoms with Gasteiger partial charge in [-0.2, -0.15) is 5.10 Å². The first-order valence-corrected chi connectivity index (χ1v) is 12.2. The molecule has 1 atom stereocenters. The Bertz CT molecular complexity index is 1440. The minimum absolute atomic E-state index is 0.0258. The Kier molecular flexibility index (Phi) is 5.64. The van der Waals surface area contributed by atoms with Crippen LogP contribution in [0.2, 0.25) is 0 Å². The average Bonchev–Trinajstić information content (AvgIpc) is 3.64. The molecule has 2 fully saturated rings. The number of rotatable bonds is 5. The van der Waals surface area contributed by atoms with Gasteiger partial charge in [-0.3, -0.25) is 9.69 Å². The number of benzene rings is 3. The fraction of sp³-hybridized carbons (Fsp3) is 0.250. The van der Waals surface area contributed by atoms with Gasteiger partial charge in [-0.1, -0.05) is 48.5 Å². The third kappa shape index (κ3) is 3.79. The first-order valence-electron chi connectivity index (χ1n) is 12.2. The van der Waals surface area contributed by atoms with Crippen LogP contribution in [0.25, 0.3) is 16.6 Å². The number of likely N-dealkylation sites (tertiary alicyclic amines) is 1. The van der Waals surface area contributed by atoms with Gasteiger partial charge in [0.25, 0.3) is 0 Å². The van der Waals surface area contributed by atoms with Crippen molar-refractivity contribution in [1.29, 1.82) is 0 Å². The molecule has 6 rings (SSSR count). The van der Waals surface area contributed by atoms with E-state index < -0.39 is 0 Å². The lowest BCUT2D eigenvalue weighted by atomic mass is 10.0. The highest BCUT2D eigenvalue weighted by Gasteiger charge is 2.36. The summed E-state index contributed by atoms with van der Waals surface area (Å²) in [5, 5.41) is 5.16. The molecule has 2 aliphatic heterocycles. The largest absolute Gasteiger partial charge is 0.334 e. The minimum Gasteiger partial charge on any atom is -0.334 e. The van der Waals surface area contributed by atoms with Crippen molar-refractivity contribution in [3.05, 3.63) is 90.4 Å². The van der Waals surface area contributed by atoms with Crippen molar-refractivity contribution < 1.29 is 14.0 Å². The number of hydrogen-bond acceptors (Lipinski definition) is 3. The Balaban J connectivity index is 1.22. The Morgan fingerprint density at radius 1 is 0.917 bits per heavy atom. The van der Waals surface area contributed by atoms with Crippen molar-refractivity contribution in [2.45, 2.75) is 18.9 Å². The number of hydrogen-bond donors (Lipinski definition) is 0. The highest BCUT2D eigenvalue weighted by Crippen LogP contribution is 2.33. The van der Waals surface area contributed by atoms with Gasteiger partial charge in [-0.25, -0.2) is 13.9 Å². The number of aromatic nitrogens is 2. The molecule has 8 heteroatoms. The lowest BCUT2D eigenvalue weighted by Gasteiger charge is -2.27. The van der Waals surface area contributed by atoms with E-state index in [2.05, 4.69) is 17.2 Å². The molecular weight excluding hydrogens is 457 g/mol. The second-order valence-corrected chi connectivity index (χ2v) is 9.23. The Morgan fingerprint density at radius 2 is 1.69 bits per heavy atom. The number of halogens is 1. The van der Waals surface area contributed by atoms with Gasteiger partial charge in [0.2, 0.25) is 5.91 Å². The maximum absolute atomic E-state index is 14.4. The third-order valence-electron chi connectivity index (χ3n) is 7.14. The Hall–Kier alpha value is -4.20. The van der Waals surface area contributed by atoms with E-state index in [0.717, 1.165) is 23.8 Å². The van der Waals surface area contributed by atoms with Crippen molar-refractivity contribution in [2.24, 2.45) is 0 Å². The minimum atomic E-state index is -0.370. The van der Waals surface area contributed by atoms with Crippen LogP contribution in [0.15, 0.2) is 79.0 Å². The summed E-state index contributed by atoms with van der Waals surface area (Å²) >= 11 is 0. The SMILES string of the molecule is O=C1N(CC(=O)N2CCCC2c2ccccc2)CCN1c1cccc2c1cnn2-c1ccccc1F. The molecule has 7 nitrogen and oxygen atoms in total. The van der Waals surface area contributed by atoms with Crippen LogP contribution in [0.5, 0.6) is 0 Å². The molecule has 3 aromatic carbocycles. The summed E-state index contributed by atoms with van der Waals surface area (Å²) in [6.07, 6.45) is 3.55. The van der Waals surface area contributed by atoms with Crippen LogP contribution in [0, 0.1) is 5.82 Å². The van der Waals surface area contributed by atoms with Gasteiger partial charge in [0, 0.05) is 25.0 Å². The average molecular weight is 484 g/mol. The molecule has 4 aromatic rings. The summed E-state index contributed by atoms with van der Waals surface area (Å²) in [6.45, 7) is 1.70. The fourth-order valence-corrected chi connectivity index (χ4v) is 5.38. The van der Waals surface area contributed by atoms with Crippen LogP contribution >= 0.6 is 0 Å². The van der Waals surface area contributed by atoms with E-state index in [0.29, 0.717) is 36.5 Å². The molecule has 0 radical (unpaired) electrons. The first kappa shape index (κ1) is 22.3. The standard InChI is InChI=1S/C28H26FN5O2/c29-22-10-4-5-11-26(22)34-25-13-6-12-24(21(25)18-30-34)33-17-16-31(28(33)36)19-27(35)32-15-7-14-23(32)20-8-2-1-3-9-20/h1-6,8-13,18,23H,7,14-17,19H2. The van der Waals surface area contributed by atoms with E-state index >= 15 is 0 Å². The van der Waals surface area contributed by atoms with Crippen molar-refractivity contribution in [2.75, 3.05) is 31.1 Å². The van der Waals surface area contributed by atoms with E-state index in [4.69, 9.17) is 0 Å². The number of fused-ring (bicyclic) bond motifs is 1. The predicted molar refractivity (Wildman–Crippen MR) is 135 cm³/mol. The molecule has 36 heavy (non-hydrogen) atoms. The van der Waals surface area contributed by atoms with Gasteiger partial charge in [-0.15, -0.1) is 0 Å². The second-order valence-electron chi connectivity index (χ2n) is 9.23. The second kappa shape index (κ2) is 9.11. The van der Waals surface area contributed by atoms with E-state index in [1.165, 1.54) is 6.07 Å². The van der Waals surface area contributed by atoms with Crippen LogP contribution < -0.4 is 4.90 Å². The summed E-state index contributed by atoms with van der Waals surface area (Å²) in [5.41, 5.74) is 2.90. The Labute approximate surface area is 208 Å². The number of urea groups is 1. The van der Waals surface area contributed by atoms with Gasteiger partial charge in [0.1, 0.15) is 18.0 Å². The van der Waals surface area contributed by atoms with Crippen molar-refractivity contribution in [3.63, 3.8) is 0 Å². The monoisotopic (exact) mass is 483 g/mol. The van der Waals surface area contributed by atoms with Crippen LogP contribution in [0.1, 0.15) is 24.4 Å². The molecule has 0 saturated carbocycles. The van der Waals surface area contributed by atoms with Gasteiger partial charge in [-0.05, 0) is 42.7 Å². The van der Waals surface area contributed by atoms with E-state index in [1.54, 1.807) is 38.9 Å².